The molecular formula is C74H111N5O29. The molecule has 0 radical (unpaired) electrons. The number of rotatable bonds is 44. The maximum atomic E-state index is 11.7. The van der Waals surface area contributed by atoms with Crippen molar-refractivity contribution in [2.75, 3.05) is 99.6 Å². The average Bonchev–Trinajstić information content (AvgIpc) is 0.820. The van der Waals surface area contributed by atoms with Crippen molar-refractivity contribution >= 4 is 35.8 Å². The Kier molecular flexibility index (Phi) is 64.4. The number of carbonyl (C=O) groups is 6. The van der Waals surface area contributed by atoms with Gasteiger partial charge >= 0.3 is 47.7 Å². The SMILES string of the molecule is C=CCC(C(=O)O)C(=O)O.C=CCC(N)C(C)=O.C=CCOC.C=CCOC(COc1cccc(C(=O)O)c1)OCCO.C=CCOCC(O)COCC=C.C=CCO[C@@H]1O[C@H](CO)[C@@H](O)[C@H](O)[C@H]1O.C=CCOc1ccc(C[C@H](NC(=O)OC(C)(C)C)C(=O)O)cc1.C=CCOc1nc(OCC=C)[nH]c(=O)n1. The first-order valence-electron chi connectivity index (χ1n) is 32.8. The van der Waals surface area contributed by atoms with Crippen molar-refractivity contribution in [3.8, 4) is 23.5 Å². The van der Waals surface area contributed by atoms with Crippen LogP contribution in [0.5, 0.6) is 23.5 Å². The van der Waals surface area contributed by atoms with Crippen LogP contribution in [-0.2, 0) is 63.5 Å². The Bertz CT molecular complexity index is 3060. The minimum atomic E-state index is -1.40. The second-order valence-electron chi connectivity index (χ2n) is 22.1. The lowest BCUT2D eigenvalue weighted by Gasteiger charge is -2.39. The van der Waals surface area contributed by atoms with Crippen molar-refractivity contribution in [1.29, 1.82) is 0 Å². The van der Waals surface area contributed by atoms with Gasteiger partial charge in [0.2, 0.25) is 0 Å². The number of aliphatic hydroxyl groups excluding tert-OH is 6. The van der Waals surface area contributed by atoms with Crippen LogP contribution in [0, 0.1) is 5.92 Å². The van der Waals surface area contributed by atoms with E-state index in [0.717, 1.165) is 5.56 Å². The molecular weight excluding hydrogens is 1420 g/mol. The normalized spacial score (nSPS) is 15.1. The van der Waals surface area contributed by atoms with Gasteiger partial charge in [-0.15, -0.1) is 56.0 Å². The molecule has 2 heterocycles. The molecule has 2 unspecified atom stereocenters. The monoisotopic (exact) mass is 1530 g/mol. The van der Waals surface area contributed by atoms with E-state index in [2.05, 4.69) is 90.8 Å². The summed E-state index contributed by atoms with van der Waals surface area (Å²) >= 11 is 0. The van der Waals surface area contributed by atoms with Crippen molar-refractivity contribution in [1.82, 2.24) is 20.3 Å². The van der Waals surface area contributed by atoms with E-state index in [-0.39, 0.29) is 102 Å². The number of nitrogens with one attached hydrogen (secondary N) is 2. The first-order valence-corrected chi connectivity index (χ1v) is 32.8. The smallest absolute Gasteiger partial charge is 0.408 e. The topological polar surface area (TPSA) is 512 Å². The fourth-order valence-electron chi connectivity index (χ4n) is 6.83. The van der Waals surface area contributed by atoms with E-state index in [4.69, 9.17) is 83.4 Å². The van der Waals surface area contributed by atoms with Gasteiger partial charge in [-0.25, -0.2) is 19.2 Å². The number of carboxylic acid groups (broad SMARTS) is 4. The number of alkyl carbamates (subject to hydrolysis) is 1. The van der Waals surface area contributed by atoms with Crippen molar-refractivity contribution in [2.45, 2.75) is 108 Å². The van der Waals surface area contributed by atoms with Crippen molar-refractivity contribution in [3.63, 3.8) is 0 Å². The van der Waals surface area contributed by atoms with Gasteiger partial charge in [-0.05, 0) is 76.4 Å². The van der Waals surface area contributed by atoms with E-state index in [1.54, 1.807) is 101 Å². The number of nitrogens with two attached hydrogens (primary N) is 1. The number of ether oxygens (including phenoxy) is 12. The molecule has 1 aliphatic rings. The number of nitrogens with zero attached hydrogens (tertiary/aromatic N) is 2. The van der Waals surface area contributed by atoms with E-state index < -0.39 is 103 Å². The van der Waals surface area contributed by atoms with E-state index in [0.29, 0.717) is 44.3 Å². The van der Waals surface area contributed by atoms with Gasteiger partial charge in [-0.1, -0.05) is 98.7 Å². The summed E-state index contributed by atoms with van der Waals surface area (Å²) in [6.45, 7) is 44.2. The number of amides is 1. The molecule has 34 nitrogen and oxygen atoms in total. The summed E-state index contributed by atoms with van der Waals surface area (Å²) in [6.07, 6.45) is 8.23. The number of allylic oxidation sites excluding steroid dienone is 1. The number of Topliss-reactive ketones (excluding diaryl/α,β-unsaturated/α-hetero) is 1. The quantitative estimate of drug-likeness (QED) is 0.0157. The van der Waals surface area contributed by atoms with Crippen molar-refractivity contribution in [3.05, 3.63) is 197 Å². The largest absolute Gasteiger partial charge is 0.490 e. The Hall–Kier alpha value is -9.89. The molecule has 8 atom stereocenters. The van der Waals surface area contributed by atoms with Gasteiger partial charge in [0, 0.05) is 13.5 Å². The Morgan fingerprint density at radius 2 is 1.19 bits per heavy atom. The average molecular weight is 1530 g/mol. The third kappa shape index (κ3) is 56.4. The van der Waals surface area contributed by atoms with Gasteiger partial charge in [0.05, 0.1) is 77.7 Å². The summed E-state index contributed by atoms with van der Waals surface area (Å²) in [4.78, 5) is 85.0. The number of aromatic nitrogens is 3. The Morgan fingerprint density at radius 3 is 1.63 bits per heavy atom. The molecule has 1 saturated heterocycles. The van der Waals surface area contributed by atoms with E-state index in [1.807, 2.05) is 0 Å². The number of hydrogen-bond donors (Lipinski definition) is 13. The number of H-pyrrole nitrogens is 1. The van der Waals surface area contributed by atoms with Crippen LogP contribution in [0.3, 0.4) is 0 Å². The van der Waals surface area contributed by atoms with E-state index in [1.165, 1.54) is 43.4 Å². The van der Waals surface area contributed by atoms with Gasteiger partial charge < -0.3 is 119 Å². The lowest BCUT2D eigenvalue weighted by molar-refractivity contribution is -0.298. The molecule has 0 aliphatic carbocycles. The fraction of sp³-hybridized carbons (Fsp3) is 0.446. The van der Waals surface area contributed by atoms with Gasteiger partial charge in [-0.3, -0.25) is 19.4 Å². The van der Waals surface area contributed by atoms with Crippen LogP contribution < -0.4 is 35.7 Å². The molecule has 1 aliphatic heterocycles. The minimum absolute atomic E-state index is 0.0184. The van der Waals surface area contributed by atoms with Crippen LogP contribution in [0.15, 0.2) is 180 Å². The molecule has 606 valence electrons. The Balaban J connectivity index is -0.000000591. The molecule has 1 aromatic heterocycles. The maximum absolute atomic E-state index is 11.7. The van der Waals surface area contributed by atoms with Crippen LogP contribution >= 0.6 is 0 Å². The number of ketones is 1. The molecule has 3 aromatic rings. The highest BCUT2D eigenvalue weighted by Gasteiger charge is 2.44. The predicted octanol–water partition coefficient (Wildman–Crippen LogP) is 4.75. The second kappa shape index (κ2) is 66.5. The molecule has 2 aromatic carbocycles. The number of aliphatic carboxylic acids is 3. The van der Waals surface area contributed by atoms with Crippen molar-refractivity contribution in [2.24, 2.45) is 11.7 Å². The Labute approximate surface area is 629 Å². The molecule has 14 N–H and O–H groups in total. The highest BCUT2D eigenvalue weighted by atomic mass is 16.7. The summed E-state index contributed by atoms with van der Waals surface area (Å²) < 4.78 is 61.1. The summed E-state index contributed by atoms with van der Waals surface area (Å²) in [6, 6.07) is 11.7. The molecule has 108 heavy (non-hydrogen) atoms. The zero-order chi connectivity index (χ0) is 82.8. The number of benzene rings is 2. The molecule has 0 bridgehead atoms. The molecule has 1 amide bonds. The van der Waals surface area contributed by atoms with Gasteiger partial charge in [-0.2, -0.15) is 0 Å². The first-order chi connectivity index (χ1) is 51.2. The third-order valence-electron chi connectivity index (χ3n) is 11.8. The molecule has 0 spiro atoms. The number of carboxylic acids is 4. The highest BCUT2D eigenvalue weighted by molar-refractivity contribution is 5.93. The first kappa shape index (κ1) is 104. The van der Waals surface area contributed by atoms with Gasteiger partial charge in [0.15, 0.2) is 18.5 Å². The van der Waals surface area contributed by atoms with Gasteiger partial charge in [0.1, 0.15) is 85.9 Å². The van der Waals surface area contributed by atoms with Gasteiger partial charge in [0.25, 0.3) is 0 Å². The number of hydrogen-bond acceptors (Lipinski definition) is 28. The van der Waals surface area contributed by atoms with Crippen molar-refractivity contribution < 1.29 is 137 Å². The standard InChI is InChI=1S/C17H23NO5.C14H18O6.C9H11N3O3.C9H16O6.C9H16O3.C6H11NO.C6H8O4.C4H8O/c1-5-10-22-13-8-6-12(7-9-13)11-14(15(19)20)18-16(21)23-17(2,3)4;1-2-7-18-13(19-8-6-15)10-20-12-5-3-4-11(9-12)14(16)17;1-3-5-14-8-10-7(13)11-9(12-8)15-6-4-2;1-2-3-14-9-8(13)7(12)6(11)5(4-10)15-9;1-3-5-11-7-9(10)8-12-6-4-2;1-3-4-6(7)5(2)8;1-2-3-4(5(7)8)6(9)10;1-3-4-5-2/h5-9,14H,1,10-11H2,2-4H3,(H,18,21)(H,19,20);2-5,9,13,15H,1,6-8,10H2,(H,16,17);3-4H,1-2,5-6H2,(H,10,11,12,13);2,5-13H,1,3-4H2;3-4,9-10H,1-2,5-8H2;3,6H,1,4,7H2,2H3;2,4H,1,3H2,(H,7,8)(H,9,10);3H,1,4H2,2H3/t14-;;;5-,6-,7+,8-,9-;;;;/m0..1..../s1. The lowest BCUT2D eigenvalue weighted by atomic mass is 9.99. The number of carbonyl (C=O) groups excluding carboxylic acids is 2. The van der Waals surface area contributed by atoms with Crippen LogP contribution in [-0.4, -0.2) is 262 Å². The second-order valence-corrected chi connectivity index (χ2v) is 22.1. The van der Waals surface area contributed by atoms with E-state index in [9.17, 15) is 59.1 Å². The molecule has 34 heteroatoms. The molecule has 4 rings (SSSR count). The predicted molar refractivity (Wildman–Crippen MR) is 400 cm³/mol. The zero-order valence-electron chi connectivity index (χ0n) is 62.0. The molecule has 0 saturated carbocycles. The minimum Gasteiger partial charge on any atom is -0.490 e. The Morgan fingerprint density at radius 1 is 0.639 bits per heavy atom. The maximum Gasteiger partial charge on any atom is 0.408 e. The highest BCUT2D eigenvalue weighted by Crippen LogP contribution is 2.22. The summed E-state index contributed by atoms with van der Waals surface area (Å²) in [5.41, 5.74) is 4.95. The summed E-state index contributed by atoms with van der Waals surface area (Å²) in [5, 5.41) is 92.0. The fourth-order valence-corrected chi connectivity index (χ4v) is 6.83. The van der Waals surface area contributed by atoms with Crippen LogP contribution in [0.25, 0.3) is 0 Å². The van der Waals surface area contributed by atoms with E-state index >= 15 is 0 Å². The molecule has 1 fully saturated rings. The van der Waals surface area contributed by atoms with Crippen LogP contribution in [0.4, 0.5) is 4.79 Å². The number of aromatic amines is 1. The van der Waals surface area contributed by atoms with Crippen LogP contribution in [0.1, 0.15) is 56.5 Å². The number of aromatic carboxylic acids is 1. The van der Waals surface area contributed by atoms with Crippen LogP contribution in [0.2, 0.25) is 0 Å². The number of methoxy groups -OCH3 is 1. The number of aliphatic hydroxyl groups is 6. The third-order valence-corrected chi connectivity index (χ3v) is 11.8. The zero-order valence-corrected chi connectivity index (χ0v) is 62.0. The summed E-state index contributed by atoms with van der Waals surface area (Å²) in [5.74, 6) is -5.05. The lowest BCUT2D eigenvalue weighted by Crippen LogP contribution is -2.59. The summed E-state index contributed by atoms with van der Waals surface area (Å²) in [7, 11) is 1.64.